The van der Waals surface area contributed by atoms with E-state index in [1.54, 1.807) is 0 Å². The molecule has 15 heavy (non-hydrogen) atoms. The first-order chi connectivity index (χ1) is 7.13. The van der Waals surface area contributed by atoms with Crippen molar-refractivity contribution in [1.82, 2.24) is 4.90 Å². The number of likely N-dealkylation sites (tertiary alicyclic amines) is 1. The van der Waals surface area contributed by atoms with Gasteiger partial charge in [0, 0.05) is 13.1 Å². The molecule has 0 saturated carbocycles. The second kappa shape index (κ2) is 6.41. The Bertz CT molecular complexity index is 198. The summed E-state index contributed by atoms with van der Waals surface area (Å²) in [6.07, 6.45) is 6.18. The van der Waals surface area contributed by atoms with Crippen LogP contribution in [-0.4, -0.2) is 29.1 Å². The second-order valence-electron chi connectivity index (χ2n) is 4.78. The van der Waals surface area contributed by atoms with Crippen LogP contribution in [0.1, 0.15) is 46.0 Å². The first-order valence-corrected chi connectivity index (χ1v) is 6.61. The average molecular weight is 229 g/mol. The van der Waals surface area contributed by atoms with Crippen LogP contribution in [-0.2, 0) is 4.79 Å². The molecule has 0 aliphatic carbocycles. The van der Waals surface area contributed by atoms with Crippen LogP contribution in [0.25, 0.3) is 0 Å². The van der Waals surface area contributed by atoms with E-state index in [-0.39, 0.29) is 11.2 Å². The van der Waals surface area contributed by atoms with Crippen molar-refractivity contribution in [3.63, 3.8) is 0 Å². The van der Waals surface area contributed by atoms with Gasteiger partial charge in [-0.05, 0) is 18.8 Å². The van der Waals surface area contributed by atoms with Crippen molar-refractivity contribution < 1.29 is 4.79 Å². The SMILES string of the molecule is CC(C)C(S)C(=O)N1CCCCCCC1. The van der Waals surface area contributed by atoms with Crippen LogP contribution in [0.3, 0.4) is 0 Å². The van der Waals surface area contributed by atoms with Crippen LogP contribution in [0.2, 0.25) is 0 Å². The van der Waals surface area contributed by atoms with Crippen molar-refractivity contribution in [3.8, 4) is 0 Å². The van der Waals surface area contributed by atoms with Crippen LogP contribution < -0.4 is 0 Å². The van der Waals surface area contributed by atoms with Crippen molar-refractivity contribution in [3.05, 3.63) is 0 Å². The fraction of sp³-hybridized carbons (Fsp3) is 0.917. The summed E-state index contributed by atoms with van der Waals surface area (Å²) in [6.45, 7) is 5.98. The molecule has 1 atom stereocenters. The first-order valence-electron chi connectivity index (χ1n) is 6.10. The third-order valence-corrected chi connectivity index (χ3v) is 3.87. The molecule has 88 valence electrons. The maximum absolute atomic E-state index is 12.1. The maximum atomic E-state index is 12.1. The summed E-state index contributed by atoms with van der Waals surface area (Å²) in [5, 5.41) is -0.121. The monoisotopic (exact) mass is 229 g/mol. The summed E-state index contributed by atoms with van der Waals surface area (Å²) in [5.41, 5.74) is 0. The maximum Gasteiger partial charge on any atom is 0.235 e. The van der Waals surface area contributed by atoms with Crippen LogP contribution in [0, 0.1) is 5.92 Å². The molecule has 0 bridgehead atoms. The molecule has 3 heteroatoms. The molecule has 0 aromatic carbocycles. The lowest BCUT2D eigenvalue weighted by atomic mass is 10.1. The molecule has 0 N–H and O–H groups in total. The first kappa shape index (κ1) is 12.9. The van der Waals surface area contributed by atoms with Crippen molar-refractivity contribution in [1.29, 1.82) is 0 Å². The average Bonchev–Trinajstić information content (AvgIpc) is 2.15. The fourth-order valence-electron chi connectivity index (χ4n) is 1.94. The second-order valence-corrected chi connectivity index (χ2v) is 5.34. The van der Waals surface area contributed by atoms with E-state index in [1.807, 2.05) is 4.90 Å². The van der Waals surface area contributed by atoms with Gasteiger partial charge in [-0.25, -0.2) is 0 Å². The number of hydrogen-bond donors (Lipinski definition) is 1. The van der Waals surface area contributed by atoms with Gasteiger partial charge in [-0.1, -0.05) is 33.1 Å². The minimum absolute atomic E-state index is 0.121. The van der Waals surface area contributed by atoms with E-state index in [1.165, 1.54) is 19.3 Å². The standard InChI is InChI=1S/C12H23NOS/c1-10(2)11(15)12(14)13-8-6-4-3-5-7-9-13/h10-11,15H,3-9H2,1-2H3. The molecule has 1 aliphatic heterocycles. The van der Waals surface area contributed by atoms with Crippen LogP contribution in [0.15, 0.2) is 0 Å². The predicted molar refractivity (Wildman–Crippen MR) is 67.3 cm³/mol. The Morgan fingerprint density at radius 1 is 1.07 bits per heavy atom. The minimum Gasteiger partial charge on any atom is -0.342 e. The lowest BCUT2D eigenvalue weighted by Gasteiger charge is -2.28. The molecule has 1 unspecified atom stereocenters. The van der Waals surface area contributed by atoms with Gasteiger partial charge in [0.2, 0.25) is 5.91 Å². The van der Waals surface area contributed by atoms with E-state index in [2.05, 4.69) is 26.5 Å². The topological polar surface area (TPSA) is 20.3 Å². The van der Waals surface area contributed by atoms with E-state index in [4.69, 9.17) is 0 Å². The van der Waals surface area contributed by atoms with Gasteiger partial charge in [-0.2, -0.15) is 12.6 Å². The van der Waals surface area contributed by atoms with Gasteiger partial charge >= 0.3 is 0 Å². The lowest BCUT2D eigenvalue weighted by molar-refractivity contribution is -0.131. The molecular weight excluding hydrogens is 206 g/mol. The normalized spacial score (nSPS) is 20.9. The number of rotatable bonds is 2. The zero-order valence-corrected chi connectivity index (χ0v) is 10.8. The van der Waals surface area contributed by atoms with Crippen molar-refractivity contribution >= 4 is 18.5 Å². The zero-order valence-electron chi connectivity index (χ0n) is 9.91. The quantitative estimate of drug-likeness (QED) is 0.722. The molecule has 1 saturated heterocycles. The van der Waals surface area contributed by atoms with Gasteiger partial charge in [0.1, 0.15) is 0 Å². The van der Waals surface area contributed by atoms with Gasteiger partial charge in [-0.3, -0.25) is 4.79 Å². The largest absolute Gasteiger partial charge is 0.342 e. The fourth-order valence-corrected chi connectivity index (χ4v) is 2.10. The molecule has 0 aromatic heterocycles. The van der Waals surface area contributed by atoms with Crippen molar-refractivity contribution in [2.75, 3.05) is 13.1 Å². The Morgan fingerprint density at radius 3 is 2.00 bits per heavy atom. The van der Waals surface area contributed by atoms with Crippen LogP contribution in [0.5, 0.6) is 0 Å². The summed E-state index contributed by atoms with van der Waals surface area (Å²) in [5.74, 6) is 0.557. The van der Waals surface area contributed by atoms with Crippen molar-refractivity contribution in [2.24, 2.45) is 5.92 Å². The number of hydrogen-bond acceptors (Lipinski definition) is 2. The smallest absolute Gasteiger partial charge is 0.235 e. The summed E-state index contributed by atoms with van der Waals surface area (Å²) in [6, 6.07) is 0. The van der Waals surface area contributed by atoms with E-state index in [9.17, 15) is 4.79 Å². The third kappa shape index (κ3) is 4.06. The highest BCUT2D eigenvalue weighted by Crippen LogP contribution is 2.16. The summed E-state index contributed by atoms with van der Waals surface area (Å²) < 4.78 is 0. The minimum atomic E-state index is -0.121. The Hall–Kier alpha value is -0.180. The van der Waals surface area contributed by atoms with E-state index >= 15 is 0 Å². The molecule has 2 nitrogen and oxygen atoms in total. The van der Waals surface area contributed by atoms with Gasteiger partial charge in [0.25, 0.3) is 0 Å². The Balaban J connectivity index is 2.48. The molecular formula is C12H23NOS. The summed E-state index contributed by atoms with van der Waals surface area (Å²) in [4.78, 5) is 14.1. The summed E-state index contributed by atoms with van der Waals surface area (Å²) >= 11 is 4.40. The molecule has 1 amide bonds. The molecule has 0 spiro atoms. The molecule has 0 radical (unpaired) electrons. The molecule has 1 aliphatic rings. The van der Waals surface area contributed by atoms with Crippen LogP contribution in [0.4, 0.5) is 0 Å². The number of amides is 1. The van der Waals surface area contributed by atoms with Crippen LogP contribution >= 0.6 is 12.6 Å². The molecule has 0 aromatic rings. The van der Waals surface area contributed by atoms with Gasteiger partial charge in [0.05, 0.1) is 5.25 Å². The Labute approximate surface area is 98.8 Å². The Morgan fingerprint density at radius 2 is 1.53 bits per heavy atom. The number of carbonyl (C=O) groups is 1. The van der Waals surface area contributed by atoms with E-state index in [0.29, 0.717) is 5.92 Å². The van der Waals surface area contributed by atoms with Gasteiger partial charge < -0.3 is 4.90 Å². The summed E-state index contributed by atoms with van der Waals surface area (Å²) in [7, 11) is 0. The predicted octanol–water partition coefficient (Wildman–Crippen LogP) is 2.73. The van der Waals surface area contributed by atoms with E-state index in [0.717, 1.165) is 25.9 Å². The van der Waals surface area contributed by atoms with Gasteiger partial charge in [-0.15, -0.1) is 0 Å². The highest BCUT2D eigenvalue weighted by molar-refractivity contribution is 7.81. The highest BCUT2D eigenvalue weighted by atomic mass is 32.1. The third-order valence-electron chi connectivity index (χ3n) is 3.05. The molecule has 1 heterocycles. The Kier molecular flexibility index (Phi) is 5.51. The number of nitrogens with zero attached hydrogens (tertiary/aromatic N) is 1. The number of thiol groups is 1. The molecule has 1 rings (SSSR count). The molecule has 1 fully saturated rings. The van der Waals surface area contributed by atoms with E-state index < -0.39 is 0 Å². The number of carbonyl (C=O) groups excluding carboxylic acids is 1. The zero-order chi connectivity index (χ0) is 11.3. The van der Waals surface area contributed by atoms with Crippen molar-refractivity contribution in [2.45, 2.75) is 51.2 Å². The highest BCUT2D eigenvalue weighted by Gasteiger charge is 2.23. The lowest BCUT2D eigenvalue weighted by Crippen LogP contribution is -2.40. The van der Waals surface area contributed by atoms with Gasteiger partial charge in [0.15, 0.2) is 0 Å².